The first-order valence-corrected chi connectivity index (χ1v) is 7.92. The summed E-state index contributed by atoms with van der Waals surface area (Å²) in [6, 6.07) is 13.0. The molecule has 0 radical (unpaired) electrons. The maximum atomic E-state index is 12.3. The Bertz CT molecular complexity index is 753. The first kappa shape index (κ1) is 15.3. The fourth-order valence-electron chi connectivity index (χ4n) is 2.99. The first-order chi connectivity index (χ1) is 11.1. The fraction of sp³-hybridized carbons (Fsp3) is 0.263. The van der Waals surface area contributed by atoms with Crippen molar-refractivity contribution in [1.82, 2.24) is 5.32 Å². The second-order valence-electron chi connectivity index (χ2n) is 5.94. The van der Waals surface area contributed by atoms with Crippen molar-refractivity contribution >= 4 is 11.8 Å². The summed E-state index contributed by atoms with van der Waals surface area (Å²) < 4.78 is 0. The summed E-state index contributed by atoms with van der Waals surface area (Å²) in [5.74, 6) is -0.560. The molecule has 0 saturated carbocycles. The van der Waals surface area contributed by atoms with E-state index in [0.717, 1.165) is 18.4 Å². The van der Waals surface area contributed by atoms with Crippen LogP contribution in [0.4, 0.5) is 0 Å². The van der Waals surface area contributed by atoms with Gasteiger partial charge in [0.15, 0.2) is 0 Å². The fourth-order valence-corrected chi connectivity index (χ4v) is 2.99. The third kappa shape index (κ3) is 3.59. The minimum atomic E-state index is -0.465. The van der Waals surface area contributed by atoms with Crippen LogP contribution in [0.1, 0.15) is 50.2 Å². The van der Waals surface area contributed by atoms with Gasteiger partial charge in [-0.15, -0.1) is 0 Å². The highest BCUT2D eigenvalue weighted by Gasteiger charge is 2.12. The Kier molecular flexibility index (Phi) is 4.42. The minimum absolute atomic E-state index is 0.0946. The summed E-state index contributed by atoms with van der Waals surface area (Å²) in [5, 5.41) is 2.90. The average molecular weight is 308 g/mol. The smallest absolute Gasteiger partial charge is 0.251 e. The summed E-state index contributed by atoms with van der Waals surface area (Å²) >= 11 is 0. The van der Waals surface area contributed by atoms with Gasteiger partial charge < -0.3 is 11.1 Å². The summed E-state index contributed by atoms with van der Waals surface area (Å²) in [6.07, 6.45) is 4.58. The molecule has 3 N–H and O–H groups in total. The summed E-state index contributed by atoms with van der Waals surface area (Å²) in [6.45, 7) is 0.372. The molecule has 0 spiro atoms. The molecule has 2 aromatic rings. The Balaban J connectivity index is 1.67. The average Bonchev–Trinajstić information content (AvgIpc) is 2.59. The van der Waals surface area contributed by atoms with Crippen LogP contribution in [-0.4, -0.2) is 11.8 Å². The van der Waals surface area contributed by atoms with Crippen LogP contribution in [0.25, 0.3) is 0 Å². The second-order valence-corrected chi connectivity index (χ2v) is 5.94. The van der Waals surface area contributed by atoms with Gasteiger partial charge in [0.05, 0.1) is 0 Å². The number of primary amides is 1. The zero-order chi connectivity index (χ0) is 16.2. The molecule has 0 bridgehead atoms. The Morgan fingerprint density at radius 2 is 1.74 bits per heavy atom. The van der Waals surface area contributed by atoms with Gasteiger partial charge >= 0.3 is 0 Å². The van der Waals surface area contributed by atoms with E-state index < -0.39 is 5.91 Å². The number of nitrogens with one attached hydrogen (secondary N) is 1. The molecule has 4 heteroatoms. The van der Waals surface area contributed by atoms with E-state index in [1.807, 2.05) is 18.2 Å². The van der Waals surface area contributed by atoms with Gasteiger partial charge in [-0.05, 0) is 66.6 Å². The molecule has 1 aliphatic carbocycles. The number of carbonyl (C=O) groups excluding carboxylic acids is 2. The highest BCUT2D eigenvalue weighted by atomic mass is 16.2. The SMILES string of the molecule is NC(=O)c1cccc(CNC(=O)c2ccc3c(c2)CCCC3)c1. The summed E-state index contributed by atoms with van der Waals surface area (Å²) in [7, 11) is 0. The van der Waals surface area contributed by atoms with Crippen LogP contribution in [0.2, 0.25) is 0 Å². The number of nitrogens with two attached hydrogens (primary N) is 1. The molecule has 2 aromatic carbocycles. The molecule has 23 heavy (non-hydrogen) atoms. The third-order valence-electron chi connectivity index (χ3n) is 4.28. The normalized spacial score (nSPS) is 13.2. The number of fused-ring (bicyclic) bond motifs is 1. The van der Waals surface area contributed by atoms with Crippen molar-refractivity contribution in [2.24, 2.45) is 5.73 Å². The van der Waals surface area contributed by atoms with Crippen LogP contribution in [0.15, 0.2) is 42.5 Å². The van der Waals surface area contributed by atoms with Crippen molar-refractivity contribution in [3.63, 3.8) is 0 Å². The van der Waals surface area contributed by atoms with Crippen LogP contribution in [-0.2, 0) is 19.4 Å². The van der Waals surface area contributed by atoms with E-state index in [0.29, 0.717) is 17.7 Å². The monoisotopic (exact) mass is 308 g/mol. The van der Waals surface area contributed by atoms with Crippen molar-refractivity contribution in [2.45, 2.75) is 32.2 Å². The molecule has 0 fully saturated rings. The number of hydrogen-bond donors (Lipinski definition) is 2. The molecule has 2 amide bonds. The Labute approximate surface area is 135 Å². The molecule has 0 atom stereocenters. The number of rotatable bonds is 4. The quantitative estimate of drug-likeness (QED) is 0.911. The van der Waals surface area contributed by atoms with Crippen LogP contribution >= 0.6 is 0 Å². The number of carbonyl (C=O) groups is 2. The van der Waals surface area contributed by atoms with Crippen molar-refractivity contribution in [2.75, 3.05) is 0 Å². The zero-order valence-corrected chi connectivity index (χ0v) is 13.0. The minimum Gasteiger partial charge on any atom is -0.366 e. The highest BCUT2D eigenvalue weighted by Crippen LogP contribution is 2.22. The molecule has 0 aromatic heterocycles. The molecule has 0 unspecified atom stereocenters. The first-order valence-electron chi connectivity index (χ1n) is 7.92. The van der Waals surface area contributed by atoms with Gasteiger partial charge in [0.25, 0.3) is 5.91 Å². The van der Waals surface area contributed by atoms with Gasteiger partial charge in [-0.3, -0.25) is 9.59 Å². The largest absolute Gasteiger partial charge is 0.366 e. The molecular formula is C19H20N2O2. The van der Waals surface area contributed by atoms with Crippen molar-refractivity contribution in [3.8, 4) is 0 Å². The lowest BCUT2D eigenvalue weighted by molar-refractivity contribution is 0.0950. The lowest BCUT2D eigenvalue weighted by Crippen LogP contribution is -2.23. The number of amides is 2. The number of aryl methyl sites for hydroxylation is 2. The lowest BCUT2D eigenvalue weighted by Gasteiger charge is -2.16. The predicted molar refractivity (Wildman–Crippen MR) is 89.2 cm³/mol. The third-order valence-corrected chi connectivity index (χ3v) is 4.28. The van der Waals surface area contributed by atoms with E-state index in [1.54, 1.807) is 18.2 Å². The van der Waals surface area contributed by atoms with Gasteiger partial charge in [-0.1, -0.05) is 18.2 Å². The molecule has 118 valence electrons. The number of hydrogen-bond acceptors (Lipinski definition) is 2. The molecule has 0 aliphatic heterocycles. The van der Waals surface area contributed by atoms with Crippen LogP contribution in [0, 0.1) is 0 Å². The second kappa shape index (κ2) is 6.65. The van der Waals surface area contributed by atoms with Gasteiger partial charge in [-0.25, -0.2) is 0 Å². The molecule has 1 aliphatic rings. The van der Waals surface area contributed by atoms with Crippen molar-refractivity contribution in [3.05, 3.63) is 70.3 Å². The molecular weight excluding hydrogens is 288 g/mol. The molecule has 0 saturated heterocycles. The van der Waals surface area contributed by atoms with Crippen LogP contribution < -0.4 is 11.1 Å². The van der Waals surface area contributed by atoms with E-state index in [2.05, 4.69) is 11.4 Å². The maximum absolute atomic E-state index is 12.3. The van der Waals surface area contributed by atoms with Gasteiger partial charge in [0.2, 0.25) is 5.91 Å². The van der Waals surface area contributed by atoms with Crippen molar-refractivity contribution in [1.29, 1.82) is 0 Å². The Morgan fingerprint density at radius 3 is 2.52 bits per heavy atom. The molecule has 4 nitrogen and oxygen atoms in total. The van der Waals surface area contributed by atoms with E-state index in [9.17, 15) is 9.59 Å². The van der Waals surface area contributed by atoms with E-state index in [-0.39, 0.29) is 5.91 Å². The number of benzene rings is 2. The van der Waals surface area contributed by atoms with Crippen LogP contribution in [0.5, 0.6) is 0 Å². The van der Waals surface area contributed by atoms with Gasteiger partial charge in [0, 0.05) is 17.7 Å². The standard InChI is InChI=1S/C19H20N2O2/c20-18(22)16-7-3-4-13(10-16)12-21-19(23)17-9-8-14-5-1-2-6-15(14)11-17/h3-4,7-11H,1-2,5-6,12H2,(H2,20,22)(H,21,23). The van der Waals surface area contributed by atoms with E-state index in [1.165, 1.54) is 24.0 Å². The van der Waals surface area contributed by atoms with Gasteiger partial charge in [0.1, 0.15) is 0 Å². The van der Waals surface area contributed by atoms with E-state index >= 15 is 0 Å². The van der Waals surface area contributed by atoms with E-state index in [4.69, 9.17) is 5.73 Å². The topological polar surface area (TPSA) is 72.2 Å². The zero-order valence-electron chi connectivity index (χ0n) is 13.0. The van der Waals surface area contributed by atoms with Crippen LogP contribution in [0.3, 0.4) is 0 Å². The highest BCUT2D eigenvalue weighted by molar-refractivity contribution is 5.95. The predicted octanol–water partition coefficient (Wildman–Crippen LogP) is 2.59. The summed E-state index contributed by atoms with van der Waals surface area (Å²) in [4.78, 5) is 23.5. The van der Waals surface area contributed by atoms with Crippen molar-refractivity contribution < 1.29 is 9.59 Å². The Morgan fingerprint density at radius 1 is 0.957 bits per heavy atom. The maximum Gasteiger partial charge on any atom is 0.251 e. The summed E-state index contributed by atoms with van der Waals surface area (Å²) in [5.41, 5.74) is 9.92. The molecule has 3 rings (SSSR count). The lowest BCUT2D eigenvalue weighted by atomic mass is 9.90. The molecule has 0 heterocycles. The van der Waals surface area contributed by atoms with Gasteiger partial charge in [-0.2, -0.15) is 0 Å². The Hall–Kier alpha value is -2.62.